The van der Waals surface area contributed by atoms with Crippen molar-refractivity contribution in [2.45, 2.75) is 63.6 Å². The van der Waals surface area contributed by atoms with Crippen molar-refractivity contribution in [3.8, 4) is 22.6 Å². The summed E-state index contributed by atoms with van der Waals surface area (Å²) in [5.41, 5.74) is 6.94. The van der Waals surface area contributed by atoms with E-state index in [-0.39, 0.29) is 29.0 Å². The maximum atomic E-state index is 12.2. The molecule has 2 aliphatic rings. The summed E-state index contributed by atoms with van der Waals surface area (Å²) in [6, 6.07) is 25.5. The highest BCUT2D eigenvalue weighted by molar-refractivity contribution is 5.89. The SMILES string of the molecule is CC[C@H]1c2ccccc2OC(C)(C)CN1Cc1cccc(-c2cccc(-n3ncc(C(=O)O)c3[C@@H]3C[C@H]3c3cn(C)nn3)c2)c1. The summed E-state index contributed by atoms with van der Waals surface area (Å²) in [6.07, 6.45) is 5.17. The molecule has 0 bridgehead atoms. The minimum Gasteiger partial charge on any atom is -0.486 e. The van der Waals surface area contributed by atoms with Gasteiger partial charge in [-0.1, -0.05) is 60.7 Å². The van der Waals surface area contributed by atoms with Crippen LogP contribution in [0.5, 0.6) is 5.75 Å². The lowest BCUT2D eigenvalue weighted by atomic mass is 9.99. The number of benzene rings is 3. The molecule has 230 valence electrons. The third kappa shape index (κ3) is 5.64. The Kier molecular flexibility index (Phi) is 7.28. The molecule has 3 atom stereocenters. The van der Waals surface area contributed by atoms with Gasteiger partial charge in [0.1, 0.15) is 16.9 Å². The largest absolute Gasteiger partial charge is 0.486 e. The number of carbonyl (C=O) groups is 1. The number of carboxylic acid groups (broad SMARTS) is 1. The number of hydrogen-bond acceptors (Lipinski definition) is 6. The van der Waals surface area contributed by atoms with Gasteiger partial charge in [0.25, 0.3) is 0 Å². The van der Waals surface area contributed by atoms with E-state index in [1.54, 1.807) is 9.36 Å². The molecule has 9 heteroatoms. The molecule has 45 heavy (non-hydrogen) atoms. The first kappa shape index (κ1) is 29.0. The Balaban J connectivity index is 1.19. The molecule has 7 rings (SSSR count). The van der Waals surface area contributed by atoms with Gasteiger partial charge in [0.15, 0.2) is 0 Å². The predicted molar refractivity (Wildman–Crippen MR) is 172 cm³/mol. The summed E-state index contributed by atoms with van der Waals surface area (Å²) < 4.78 is 9.95. The first-order chi connectivity index (χ1) is 21.7. The molecule has 2 aromatic heterocycles. The Morgan fingerprint density at radius 3 is 2.56 bits per heavy atom. The second-order valence-corrected chi connectivity index (χ2v) is 12.9. The highest BCUT2D eigenvalue weighted by atomic mass is 16.5. The molecule has 1 fully saturated rings. The molecule has 1 aliphatic heterocycles. The molecule has 1 aliphatic carbocycles. The molecule has 0 amide bonds. The highest BCUT2D eigenvalue weighted by Crippen LogP contribution is 2.55. The Bertz CT molecular complexity index is 1870. The minimum atomic E-state index is -0.972. The number of aryl methyl sites for hydroxylation is 1. The molecule has 0 saturated heterocycles. The van der Waals surface area contributed by atoms with Crippen LogP contribution < -0.4 is 4.74 Å². The highest BCUT2D eigenvalue weighted by Gasteiger charge is 2.46. The van der Waals surface area contributed by atoms with Crippen LogP contribution in [0.25, 0.3) is 16.8 Å². The van der Waals surface area contributed by atoms with Gasteiger partial charge in [0.05, 0.1) is 23.3 Å². The first-order valence-electron chi connectivity index (χ1n) is 15.6. The summed E-state index contributed by atoms with van der Waals surface area (Å²) in [5, 5.41) is 22.9. The second kappa shape index (κ2) is 11.3. The number of rotatable bonds is 8. The number of nitrogens with zero attached hydrogens (tertiary/aromatic N) is 6. The van der Waals surface area contributed by atoms with Crippen LogP contribution in [0.3, 0.4) is 0 Å². The van der Waals surface area contributed by atoms with Crippen LogP contribution in [0.4, 0.5) is 0 Å². The third-order valence-corrected chi connectivity index (χ3v) is 8.99. The minimum absolute atomic E-state index is 0.0146. The van der Waals surface area contributed by atoms with Gasteiger partial charge < -0.3 is 9.84 Å². The Morgan fingerprint density at radius 2 is 1.80 bits per heavy atom. The van der Waals surface area contributed by atoms with Crippen LogP contribution >= 0.6 is 0 Å². The number of carboxylic acids is 1. The molecule has 0 radical (unpaired) electrons. The van der Waals surface area contributed by atoms with E-state index in [0.717, 1.165) is 54.2 Å². The number of aromatic nitrogens is 5. The normalized spacial score (nSPS) is 20.7. The fourth-order valence-corrected chi connectivity index (χ4v) is 6.96. The lowest BCUT2D eigenvalue weighted by Gasteiger charge is -2.33. The zero-order valence-corrected chi connectivity index (χ0v) is 26.1. The fraction of sp³-hybridized carbons (Fsp3) is 0.333. The van der Waals surface area contributed by atoms with Crippen molar-refractivity contribution in [3.05, 3.63) is 113 Å². The van der Waals surface area contributed by atoms with Gasteiger partial charge in [-0.3, -0.25) is 9.58 Å². The predicted octanol–water partition coefficient (Wildman–Crippen LogP) is 6.76. The van der Waals surface area contributed by atoms with E-state index in [2.05, 4.69) is 95.7 Å². The number of fused-ring (bicyclic) bond motifs is 1. The lowest BCUT2D eigenvalue weighted by Crippen LogP contribution is -2.41. The summed E-state index contributed by atoms with van der Waals surface area (Å²) >= 11 is 0. The van der Waals surface area contributed by atoms with Crippen LogP contribution in [0.2, 0.25) is 0 Å². The number of hydrogen-bond donors (Lipinski definition) is 1. The monoisotopic (exact) mass is 602 g/mol. The quantitative estimate of drug-likeness (QED) is 0.210. The average Bonchev–Trinajstić information content (AvgIpc) is 3.50. The van der Waals surface area contributed by atoms with Gasteiger partial charge in [-0.15, -0.1) is 5.10 Å². The Labute approximate surface area is 263 Å². The van der Waals surface area contributed by atoms with Crippen molar-refractivity contribution >= 4 is 5.97 Å². The van der Waals surface area contributed by atoms with E-state index in [0.29, 0.717) is 5.69 Å². The average molecular weight is 603 g/mol. The molecule has 5 aromatic rings. The van der Waals surface area contributed by atoms with Gasteiger partial charge in [0.2, 0.25) is 0 Å². The molecule has 3 aromatic carbocycles. The molecular formula is C36H38N6O3. The third-order valence-electron chi connectivity index (χ3n) is 8.99. The van der Waals surface area contributed by atoms with E-state index in [1.165, 1.54) is 17.3 Å². The van der Waals surface area contributed by atoms with Crippen LogP contribution in [-0.2, 0) is 13.6 Å². The van der Waals surface area contributed by atoms with Crippen molar-refractivity contribution in [1.82, 2.24) is 29.7 Å². The second-order valence-electron chi connectivity index (χ2n) is 12.9. The van der Waals surface area contributed by atoms with Crippen LogP contribution in [0.15, 0.2) is 85.2 Å². The van der Waals surface area contributed by atoms with Crippen LogP contribution in [-0.4, -0.2) is 52.9 Å². The van der Waals surface area contributed by atoms with E-state index in [1.807, 2.05) is 31.4 Å². The van der Waals surface area contributed by atoms with E-state index >= 15 is 0 Å². The van der Waals surface area contributed by atoms with Crippen LogP contribution in [0.1, 0.15) is 84.4 Å². The molecule has 3 heterocycles. The smallest absolute Gasteiger partial charge is 0.339 e. The van der Waals surface area contributed by atoms with Crippen molar-refractivity contribution in [2.75, 3.05) is 6.54 Å². The summed E-state index contributed by atoms with van der Waals surface area (Å²) in [7, 11) is 1.84. The summed E-state index contributed by atoms with van der Waals surface area (Å²) in [6.45, 7) is 8.17. The van der Waals surface area contributed by atoms with E-state index in [4.69, 9.17) is 4.74 Å². The molecule has 1 saturated carbocycles. The van der Waals surface area contributed by atoms with Crippen molar-refractivity contribution < 1.29 is 14.6 Å². The van der Waals surface area contributed by atoms with Gasteiger partial charge in [-0.05, 0) is 67.6 Å². The van der Waals surface area contributed by atoms with Crippen molar-refractivity contribution in [3.63, 3.8) is 0 Å². The zero-order chi connectivity index (χ0) is 31.3. The van der Waals surface area contributed by atoms with Crippen molar-refractivity contribution in [1.29, 1.82) is 0 Å². The summed E-state index contributed by atoms with van der Waals surface area (Å²) in [4.78, 5) is 14.7. The molecule has 0 spiro atoms. The number of aromatic carboxylic acids is 1. The molecule has 0 unspecified atom stereocenters. The maximum absolute atomic E-state index is 12.2. The van der Waals surface area contributed by atoms with Gasteiger partial charge in [0, 0.05) is 49.8 Å². The van der Waals surface area contributed by atoms with Gasteiger partial charge >= 0.3 is 5.97 Å². The summed E-state index contributed by atoms with van der Waals surface area (Å²) in [5.74, 6) is 0.141. The molecular weight excluding hydrogens is 564 g/mol. The zero-order valence-electron chi connectivity index (χ0n) is 26.1. The van der Waals surface area contributed by atoms with E-state index in [9.17, 15) is 9.90 Å². The van der Waals surface area contributed by atoms with Crippen LogP contribution in [0, 0.1) is 0 Å². The van der Waals surface area contributed by atoms with E-state index < -0.39 is 5.97 Å². The van der Waals surface area contributed by atoms with Gasteiger partial charge in [-0.25, -0.2) is 9.48 Å². The standard InChI is InChI=1S/C36H38N6O3/c1-5-32-27-14-6-7-15-33(27)45-36(2,3)22-41(32)20-23-10-8-11-24(16-23)25-12-9-13-26(17-25)42-34(30(19-37-42)35(43)44)29-18-28(29)31-21-40(4)39-38-31/h6-17,19,21,28-29,32H,5,18,20,22H2,1-4H3,(H,43,44)/t28-,29-,32+/m1/s1. The molecule has 9 nitrogen and oxygen atoms in total. The maximum Gasteiger partial charge on any atom is 0.339 e. The Morgan fingerprint density at radius 1 is 1.02 bits per heavy atom. The van der Waals surface area contributed by atoms with Gasteiger partial charge in [-0.2, -0.15) is 5.10 Å². The molecule has 1 N–H and O–H groups in total. The lowest BCUT2D eigenvalue weighted by molar-refractivity contribution is 0.0545. The number of ether oxygens (including phenoxy) is 1. The number of para-hydroxylation sites is 1. The topological polar surface area (TPSA) is 98.3 Å². The van der Waals surface area contributed by atoms with Crippen molar-refractivity contribution in [2.24, 2.45) is 7.05 Å². The fourth-order valence-electron chi connectivity index (χ4n) is 6.96. The first-order valence-corrected chi connectivity index (χ1v) is 15.6. The Hall–Kier alpha value is -4.76.